The molecule has 1 aliphatic rings. The van der Waals surface area contributed by atoms with E-state index in [-0.39, 0.29) is 5.91 Å². The van der Waals surface area contributed by atoms with Gasteiger partial charge in [-0.3, -0.25) is 9.69 Å². The first-order chi connectivity index (χ1) is 8.51. The predicted molar refractivity (Wildman–Crippen MR) is 65.7 cm³/mol. The van der Waals surface area contributed by atoms with E-state index in [9.17, 15) is 4.79 Å². The van der Waals surface area contributed by atoms with E-state index < -0.39 is 5.54 Å². The molecular formula is C12H20N4O2. The Morgan fingerprint density at radius 1 is 1.50 bits per heavy atom. The van der Waals surface area contributed by atoms with Crippen molar-refractivity contribution in [1.29, 1.82) is 0 Å². The summed E-state index contributed by atoms with van der Waals surface area (Å²) in [6.07, 6.45) is 3.62. The second-order valence-corrected chi connectivity index (χ2v) is 5.26. The Kier molecular flexibility index (Phi) is 3.65. The fourth-order valence-corrected chi connectivity index (χ4v) is 2.42. The lowest BCUT2D eigenvalue weighted by atomic mass is 10.0. The predicted octanol–water partition coefficient (Wildman–Crippen LogP) is 0.902. The molecule has 1 aliphatic heterocycles. The van der Waals surface area contributed by atoms with Crippen molar-refractivity contribution in [3.05, 3.63) is 12.2 Å². The molecule has 0 unspecified atom stereocenters. The molecule has 0 radical (unpaired) electrons. The number of carbonyl (C=O) groups excluding carboxylic acids is 1. The number of amides is 1. The average Bonchev–Trinajstić information content (AvgIpc) is 3.00. The molecule has 100 valence electrons. The first kappa shape index (κ1) is 13.0. The number of rotatable bonds is 4. The molecule has 2 rings (SSSR count). The first-order valence-corrected chi connectivity index (χ1v) is 6.27. The zero-order valence-corrected chi connectivity index (χ0v) is 11.2. The molecule has 1 aromatic rings. The van der Waals surface area contributed by atoms with Crippen LogP contribution >= 0.6 is 0 Å². The standard InChI is InChI=1S/C12H20N4O2/c1-12(2,16-6-4-5-7-16)11(17)15(3)8-10-13-9-18-14-10/h9H,4-8H2,1-3H3. The van der Waals surface area contributed by atoms with Gasteiger partial charge in [0.05, 0.1) is 12.1 Å². The Labute approximate surface area is 107 Å². The van der Waals surface area contributed by atoms with Crippen molar-refractivity contribution in [3.8, 4) is 0 Å². The zero-order chi connectivity index (χ0) is 13.2. The molecule has 6 nitrogen and oxygen atoms in total. The second kappa shape index (κ2) is 5.06. The van der Waals surface area contributed by atoms with Gasteiger partial charge in [-0.1, -0.05) is 5.16 Å². The van der Waals surface area contributed by atoms with Crippen LogP contribution in [0.5, 0.6) is 0 Å². The Morgan fingerprint density at radius 3 is 2.72 bits per heavy atom. The summed E-state index contributed by atoms with van der Waals surface area (Å²) in [6, 6.07) is 0. The summed E-state index contributed by atoms with van der Waals surface area (Å²) in [4.78, 5) is 20.3. The second-order valence-electron chi connectivity index (χ2n) is 5.26. The van der Waals surface area contributed by atoms with Crippen molar-refractivity contribution in [3.63, 3.8) is 0 Å². The third-order valence-corrected chi connectivity index (χ3v) is 3.55. The average molecular weight is 252 g/mol. The largest absolute Gasteiger partial charge is 0.343 e. The lowest BCUT2D eigenvalue weighted by molar-refractivity contribution is -0.141. The van der Waals surface area contributed by atoms with E-state index in [4.69, 9.17) is 0 Å². The highest BCUT2D eigenvalue weighted by Gasteiger charge is 2.37. The number of carbonyl (C=O) groups is 1. The van der Waals surface area contributed by atoms with E-state index in [0.29, 0.717) is 12.4 Å². The summed E-state index contributed by atoms with van der Waals surface area (Å²) >= 11 is 0. The molecule has 0 saturated carbocycles. The van der Waals surface area contributed by atoms with Crippen molar-refractivity contribution >= 4 is 5.91 Å². The van der Waals surface area contributed by atoms with Gasteiger partial charge in [-0.05, 0) is 39.8 Å². The van der Waals surface area contributed by atoms with Gasteiger partial charge < -0.3 is 9.42 Å². The van der Waals surface area contributed by atoms with E-state index in [0.717, 1.165) is 13.1 Å². The summed E-state index contributed by atoms with van der Waals surface area (Å²) in [5, 5.41) is 3.72. The number of likely N-dealkylation sites (N-methyl/N-ethyl adjacent to an activating group) is 1. The van der Waals surface area contributed by atoms with Gasteiger partial charge in [0.25, 0.3) is 0 Å². The van der Waals surface area contributed by atoms with Crippen LogP contribution in [0.15, 0.2) is 10.9 Å². The van der Waals surface area contributed by atoms with Crippen LogP contribution in [0.4, 0.5) is 0 Å². The van der Waals surface area contributed by atoms with Crippen molar-refractivity contribution in [2.75, 3.05) is 20.1 Å². The molecule has 18 heavy (non-hydrogen) atoms. The van der Waals surface area contributed by atoms with Crippen molar-refractivity contribution in [1.82, 2.24) is 19.9 Å². The van der Waals surface area contributed by atoms with Gasteiger partial charge in [0, 0.05) is 7.05 Å². The molecular weight excluding hydrogens is 232 g/mol. The first-order valence-electron chi connectivity index (χ1n) is 6.27. The topological polar surface area (TPSA) is 62.5 Å². The maximum absolute atomic E-state index is 12.5. The molecule has 6 heteroatoms. The van der Waals surface area contributed by atoms with Gasteiger partial charge in [0.2, 0.25) is 12.3 Å². The van der Waals surface area contributed by atoms with Crippen LogP contribution in [0.3, 0.4) is 0 Å². The molecule has 2 heterocycles. The number of hydrogen-bond donors (Lipinski definition) is 0. The number of likely N-dealkylation sites (tertiary alicyclic amines) is 1. The lowest BCUT2D eigenvalue weighted by Gasteiger charge is -2.36. The van der Waals surface area contributed by atoms with Crippen LogP contribution in [0, 0.1) is 0 Å². The Morgan fingerprint density at radius 2 is 2.17 bits per heavy atom. The molecule has 0 atom stereocenters. The Bertz CT molecular complexity index is 396. The monoisotopic (exact) mass is 252 g/mol. The minimum atomic E-state index is -0.463. The highest BCUT2D eigenvalue weighted by Crippen LogP contribution is 2.23. The summed E-state index contributed by atoms with van der Waals surface area (Å²) in [5.74, 6) is 0.622. The minimum Gasteiger partial charge on any atom is -0.343 e. The van der Waals surface area contributed by atoms with Gasteiger partial charge in [-0.15, -0.1) is 0 Å². The van der Waals surface area contributed by atoms with Crippen LogP contribution in [-0.2, 0) is 11.3 Å². The number of aromatic nitrogens is 2. The molecule has 0 N–H and O–H groups in total. The van der Waals surface area contributed by atoms with Gasteiger partial charge in [0.15, 0.2) is 5.82 Å². The van der Waals surface area contributed by atoms with E-state index in [1.54, 1.807) is 11.9 Å². The van der Waals surface area contributed by atoms with Gasteiger partial charge in [-0.2, -0.15) is 4.98 Å². The molecule has 1 saturated heterocycles. The molecule has 0 spiro atoms. The van der Waals surface area contributed by atoms with Crippen LogP contribution in [0.25, 0.3) is 0 Å². The van der Waals surface area contributed by atoms with E-state index in [1.165, 1.54) is 19.2 Å². The molecule has 1 amide bonds. The molecule has 1 aromatic heterocycles. The number of nitrogens with zero attached hydrogens (tertiary/aromatic N) is 4. The van der Waals surface area contributed by atoms with Crippen LogP contribution < -0.4 is 0 Å². The highest BCUT2D eigenvalue weighted by molar-refractivity contribution is 5.85. The molecule has 1 fully saturated rings. The fraction of sp³-hybridized carbons (Fsp3) is 0.750. The zero-order valence-electron chi connectivity index (χ0n) is 11.2. The van der Waals surface area contributed by atoms with E-state index in [2.05, 4.69) is 19.6 Å². The number of hydrogen-bond acceptors (Lipinski definition) is 5. The van der Waals surface area contributed by atoms with Crippen LogP contribution in [-0.4, -0.2) is 51.5 Å². The minimum absolute atomic E-state index is 0.0919. The quantitative estimate of drug-likeness (QED) is 0.796. The Balaban J connectivity index is 2.00. The Hall–Kier alpha value is -1.43. The maximum atomic E-state index is 12.5. The fourth-order valence-electron chi connectivity index (χ4n) is 2.42. The smallest absolute Gasteiger partial charge is 0.242 e. The van der Waals surface area contributed by atoms with Crippen LogP contribution in [0.2, 0.25) is 0 Å². The van der Waals surface area contributed by atoms with Crippen LogP contribution in [0.1, 0.15) is 32.5 Å². The van der Waals surface area contributed by atoms with Gasteiger partial charge in [-0.25, -0.2) is 0 Å². The third-order valence-electron chi connectivity index (χ3n) is 3.55. The molecule has 0 aromatic carbocycles. The summed E-state index contributed by atoms with van der Waals surface area (Å²) in [7, 11) is 1.77. The summed E-state index contributed by atoms with van der Waals surface area (Å²) in [6.45, 7) is 6.33. The summed E-state index contributed by atoms with van der Waals surface area (Å²) in [5.41, 5.74) is -0.463. The molecule has 0 bridgehead atoms. The maximum Gasteiger partial charge on any atom is 0.242 e. The third kappa shape index (κ3) is 2.53. The van der Waals surface area contributed by atoms with E-state index in [1.807, 2.05) is 13.8 Å². The summed E-state index contributed by atoms with van der Waals surface area (Å²) < 4.78 is 4.67. The van der Waals surface area contributed by atoms with Crippen molar-refractivity contribution in [2.24, 2.45) is 0 Å². The molecule has 0 aliphatic carbocycles. The lowest BCUT2D eigenvalue weighted by Crippen LogP contribution is -2.54. The van der Waals surface area contributed by atoms with Gasteiger partial charge >= 0.3 is 0 Å². The SMILES string of the molecule is CN(Cc1ncon1)C(=O)C(C)(C)N1CCCC1. The van der Waals surface area contributed by atoms with Gasteiger partial charge in [0.1, 0.15) is 0 Å². The highest BCUT2D eigenvalue weighted by atomic mass is 16.5. The van der Waals surface area contributed by atoms with Crippen molar-refractivity contribution in [2.45, 2.75) is 38.8 Å². The van der Waals surface area contributed by atoms with Crippen molar-refractivity contribution < 1.29 is 9.32 Å². The normalized spacial score (nSPS) is 17.1. The van der Waals surface area contributed by atoms with E-state index >= 15 is 0 Å².